The lowest BCUT2D eigenvalue weighted by Crippen LogP contribution is -2.12. The van der Waals surface area contributed by atoms with Crippen molar-refractivity contribution in [2.75, 3.05) is 11.1 Å². The van der Waals surface area contributed by atoms with Crippen LogP contribution >= 0.6 is 39.0 Å². The van der Waals surface area contributed by atoms with E-state index in [1.807, 2.05) is 0 Å². The Balaban J connectivity index is 1.74. The molecule has 5 nitrogen and oxygen atoms in total. The van der Waals surface area contributed by atoms with Crippen molar-refractivity contribution in [2.45, 2.75) is 9.79 Å². The maximum absolute atomic E-state index is 12.2. The van der Waals surface area contributed by atoms with Crippen molar-refractivity contribution in [3.63, 3.8) is 0 Å². The molecule has 0 radical (unpaired) electrons. The Hall–Kier alpha value is -2.03. The molecule has 3 rings (SSSR count). The summed E-state index contributed by atoms with van der Waals surface area (Å²) in [6, 6.07) is 12.0. The second kappa shape index (κ2) is 7.25. The lowest BCUT2D eigenvalue weighted by molar-refractivity contribution is 0.102. The van der Waals surface area contributed by atoms with Crippen molar-refractivity contribution in [3.05, 3.63) is 58.0 Å². The first-order valence-electron chi connectivity index (χ1n) is 6.80. The molecule has 3 aromatic rings. The largest absolute Gasteiger partial charge is 0.508 e. The minimum Gasteiger partial charge on any atom is -0.508 e. The number of carbonyl (C=O) groups is 1. The summed E-state index contributed by atoms with van der Waals surface area (Å²) >= 11 is 6.11. The summed E-state index contributed by atoms with van der Waals surface area (Å²) in [4.78, 5) is 18.1. The van der Waals surface area contributed by atoms with Crippen LogP contribution in [0.1, 0.15) is 10.4 Å². The third-order valence-electron chi connectivity index (χ3n) is 3.03. The number of nitrogens with one attached hydrogen (secondary N) is 1. The maximum Gasteiger partial charge on any atom is 0.257 e. The number of nitrogen functional groups attached to an aromatic ring is 1. The van der Waals surface area contributed by atoms with Gasteiger partial charge in [-0.1, -0.05) is 23.1 Å². The average Bonchev–Trinajstić information content (AvgIpc) is 2.96. The molecule has 8 heteroatoms. The average molecular weight is 422 g/mol. The van der Waals surface area contributed by atoms with Crippen molar-refractivity contribution < 1.29 is 9.90 Å². The molecule has 1 amide bonds. The number of phenolic OH excluding ortho intramolecular Hbond substituents is 1. The lowest BCUT2D eigenvalue weighted by Gasteiger charge is -2.08. The van der Waals surface area contributed by atoms with Crippen molar-refractivity contribution in [2.24, 2.45) is 0 Å². The number of thiazole rings is 1. The zero-order valence-corrected chi connectivity index (χ0v) is 15.4. The number of anilines is 2. The van der Waals surface area contributed by atoms with E-state index in [1.54, 1.807) is 48.7 Å². The number of aromatic hydroxyl groups is 1. The van der Waals surface area contributed by atoms with E-state index in [1.165, 1.54) is 23.1 Å². The quantitative estimate of drug-likeness (QED) is 0.535. The van der Waals surface area contributed by atoms with E-state index in [0.717, 1.165) is 13.6 Å². The molecule has 0 aliphatic rings. The molecule has 0 fully saturated rings. The number of nitrogens with two attached hydrogens (primary N) is 1. The van der Waals surface area contributed by atoms with Gasteiger partial charge in [-0.2, -0.15) is 0 Å². The monoisotopic (exact) mass is 421 g/mol. The number of aromatic nitrogens is 1. The smallest absolute Gasteiger partial charge is 0.257 e. The first-order chi connectivity index (χ1) is 11.5. The van der Waals surface area contributed by atoms with E-state index in [9.17, 15) is 9.90 Å². The van der Waals surface area contributed by atoms with E-state index >= 15 is 0 Å². The molecular formula is C16H12BrN3O2S2. The highest BCUT2D eigenvalue weighted by Gasteiger charge is 2.11. The zero-order valence-electron chi connectivity index (χ0n) is 12.2. The zero-order chi connectivity index (χ0) is 17.1. The number of hydrogen-bond acceptors (Lipinski definition) is 6. The summed E-state index contributed by atoms with van der Waals surface area (Å²) in [5.41, 5.74) is 7.05. The van der Waals surface area contributed by atoms with Crippen molar-refractivity contribution in [3.8, 4) is 5.75 Å². The van der Waals surface area contributed by atoms with E-state index < -0.39 is 0 Å². The Morgan fingerprint density at radius 2 is 2.00 bits per heavy atom. The molecule has 0 unspecified atom stereocenters. The fourth-order valence-electron chi connectivity index (χ4n) is 1.91. The third-order valence-corrected chi connectivity index (χ3v) is 5.53. The molecule has 0 aliphatic heterocycles. The van der Waals surface area contributed by atoms with Gasteiger partial charge in [-0.3, -0.25) is 10.1 Å². The first-order valence-corrected chi connectivity index (χ1v) is 9.23. The number of nitrogens with zero attached hydrogens (tertiary/aromatic N) is 1. The maximum atomic E-state index is 12.2. The van der Waals surface area contributed by atoms with E-state index in [0.29, 0.717) is 16.4 Å². The van der Waals surface area contributed by atoms with Crippen LogP contribution in [0.25, 0.3) is 0 Å². The van der Waals surface area contributed by atoms with Gasteiger partial charge in [0.1, 0.15) is 5.75 Å². The molecule has 0 aliphatic carbocycles. The summed E-state index contributed by atoms with van der Waals surface area (Å²) in [6.07, 6.45) is 1.63. The second-order valence-electron chi connectivity index (χ2n) is 4.77. The molecule has 0 spiro atoms. The minimum absolute atomic E-state index is 0.216. The third kappa shape index (κ3) is 4.08. The summed E-state index contributed by atoms with van der Waals surface area (Å²) in [5, 5.41) is 12.6. The standard InChI is InChI=1S/C16H12BrN3O2S2/c17-14-8-19-16(24-14)20-15(22)9-1-6-13(12(18)7-9)23-11-4-2-10(21)3-5-11/h1-8,21H,18H2,(H,19,20,22). The van der Waals surface area contributed by atoms with Gasteiger partial charge in [0, 0.05) is 21.0 Å². The Kier molecular flexibility index (Phi) is 5.08. The van der Waals surface area contributed by atoms with Crippen molar-refractivity contribution >= 4 is 55.8 Å². The molecule has 1 aromatic heterocycles. The summed E-state index contributed by atoms with van der Waals surface area (Å²) in [5.74, 6) is -0.0436. The fourth-order valence-corrected chi connectivity index (χ4v) is 3.85. The number of hydrogen-bond donors (Lipinski definition) is 3. The van der Waals surface area contributed by atoms with Gasteiger partial charge in [0.05, 0.1) is 9.98 Å². The molecule has 1 heterocycles. The van der Waals surface area contributed by atoms with Gasteiger partial charge in [0.15, 0.2) is 5.13 Å². The predicted octanol–water partition coefficient (Wildman–Crippen LogP) is 4.60. The van der Waals surface area contributed by atoms with Crippen LogP contribution < -0.4 is 11.1 Å². The molecule has 0 atom stereocenters. The molecule has 0 saturated heterocycles. The number of carbonyl (C=O) groups excluding carboxylic acids is 1. The highest BCUT2D eigenvalue weighted by atomic mass is 79.9. The first kappa shape index (κ1) is 16.8. The van der Waals surface area contributed by atoms with Crippen LogP contribution in [-0.2, 0) is 0 Å². The molecular weight excluding hydrogens is 410 g/mol. The summed E-state index contributed by atoms with van der Waals surface area (Å²) < 4.78 is 0.845. The molecule has 0 saturated carbocycles. The van der Waals surface area contributed by atoms with E-state index in [-0.39, 0.29) is 11.7 Å². The van der Waals surface area contributed by atoms with Crippen LogP contribution in [0.5, 0.6) is 5.75 Å². The van der Waals surface area contributed by atoms with Crippen LogP contribution in [0.3, 0.4) is 0 Å². The van der Waals surface area contributed by atoms with Gasteiger partial charge < -0.3 is 10.8 Å². The van der Waals surface area contributed by atoms with Crippen LogP contribution in [-0.4, -0.2) is 16.0 Å². The molecule has 24 heavy (non-hydrogen) atoms. The SMILES string of the molecule is Nc1cc(C(=O)Nc2ncc(Br)s2)ccc1Sc1ccc(O)cc1. The van der Waals surface area contributed by atoms with Gasteiger partial charge in [-0.25, -0.2) is 4.98 Å². The minimum atomic E-state index is -0.260. The lowest BCUT2D eigenvalue weighted by atomic mass is 10.2. The molecule has 4 N–H and O–H groups in total. The highest BCUT2D eigenvalue weighted by molar-refractivity contribution is 9.11. The van der Waals surface area contributed by atoms with Gasteiger partial charge in [0.2, 0.25) is 0 Å². The van der Waals surface area contributed by atoms with Gasteiger partial charge >= 0.3 is 0 Å². The highest BCUT2D eigenvalue weighted by Crippen LogP contribution is 2.33. The van der Waals surface area contributed by atoms with E-state index in [4.69, 9.17) is 5.73 Å². The molecule has 122 valence electrons. The van der Waals surface area contributed by atoms with Crippen LogP contribution in [0.2, 0.25) is 0 Å². The predicted molar refractivity (Wildman–Crippen MR) is 101 cm³/mol. The van der Waals surface area contributed by atoms with Crippen LogP contribution in [0, 0.1) is 0 Å². The van der Waals surface area contributed by atoms with Crippen LogP contribution in [0.4, 0.5) is 10.8 Å². The number of amides is 1. The Labute approximate surface area is 155 Å². The Bertz CT molecular complexity index is 881. The van der Waals surface area contributed by atoms with E-state index in [2.05, 4.69) is 26.2 Å². The second-order valence-corrected chi connectivity index (χ2v) is 8.30. The molecule has 2 aromatic carbocycles. The summed E-state index contributed by atoms with van der Waals surface area (Å²) in [6.45, 7) is 0. The number of halogens is 1. The van der Waals surface area contributed by atoms with Crippen molar-refractivity contribution in [1.82, 2.24) is 4.98 Å². The van der Waals surface area contributed by atoms with Gasteiger partial charge in [0.25, 0.3) is 5.91 Å². The fraction of sp³-hybridized carbons (Fsp3) is 0. The number of rotatable bonds is 4. The number of benzene rings is 2. The van der Waals surface area contributed by atoms with Gasteiger partial charge in [-0.05, 0) is 58.4 Å². The summed E-state index contributed by atoms with van der Waals surface area (Å²) in [7, 11) is 0. The molecule has 0 bridgehead atoms. The normalized spacial score (nSPS) is 10.5. The van der Waals surface area contributed by atoms with Crippen LogP contribution in [0.15, 0.2) is 62.2 Å². The Morgan fingerprint density at radius 1 is 1.25 bits per heavy atom. The number of phenols is 1. The van der Waals surface area contributed by atoms with Gasteiger partial charge in [-0.15, -0.1) is 0 Å². The Morgan fingerprint density at radius 3 is 2.62 bits per heavy atom. The topological polar surface area (TPSA) is 88.2 Å². The van der Waals surface area contributed by atoms with Crippen molar-refractivity contribution in [1.29, 1.82) is 0 Å².